The number of benzene rings is 1. The Balaban J connectivity index is 2.39. The Bertz CT molecular complexity index is 828. The number of carboxylic acids is 1. The summed E-state index contributed by atoms with van der Waals surface area (Å²) in [7, 11) is -1.16. The highest BCUT2D eigenvalue weighted by Gasteiger charge is 2.36. The zero-order valence-electron chi connectivity index (χ0n) is 16.0. The van der Waals surface area contributed by atoms with Gasteiger partial charge in [-0.05, 0) is 44.9 Å². The van der Waals surface area contributed by atoms with Crippen molar-refractivity contribution in [2.45, 2.75) is 56.0 Å². The van der Waals surface area contributed by atoms with E-state index in [2.05, 4.69) is 4.72 Å². The fourth-order valence-corrected chi connectivity index (χ4v) is 4.44. The third kappa shape index (κ3) is 4.41. The third-order valence-corrected chi connectivity index (χ3v) is 6.59. The van der Waals surface area contributed by atoms with E-state index in [0.29, 0.717) is 0 Å². The molecule has 2 rings (SSSR count). The Labute approximate surface area is 159 Å². The fraction of sp³-hybridized carbons (Fsp3) is 0.556. The normalized spacial score (nSPS) is 15.6. The van der Waals surface area contributed by atoms with Crippen LogP contribution in [0.1, 0.15) is 49.9 Å². The summed E-state index contributed by atoms with van der Waals surface area (Å²) in [6.07, 6.45) is 3.49. The third-order valence-electron chi connectivity index (χ3n) is 5.04. The molecule has 0 radical (unpaired) electrons. The number of hydrogen-bond acceptors (Lipinski definition) is 5. The Morgan fingerprint density at radius 1 is 1.26 bits per heavy atom. The molecule has 0 atom stereocenters. The van der Waals surface area contributed by atoms with Crippen molar-refractivity contribution < 1.29 is 27.9 Å². The molecule has 1 aromatic carbocycles. The fourth-order valence-electron chi connectivity index (χ4n) is 2.94. The second kappa shape index (κ2) is 7.85. The van der Waals surface area contributed by atoms with Gasteiger partial charge >= 0.3 is 5.97 Å². The van der Waals surface area contributed by atoms with Crippen molar-refractivity contribution in [2.75, 3.05) is 14.2 Å². The lowest BCUT2D eigenvalue weighted by Gasteiger charge is -2.31. The molecule has 0 saturated heterocycles. The van der Waals surface area contributed by atoms with Crippen molar-refractivity contribution in [3.05, 3.63) is 23.8 Å². The molecule has 1 amide bonds. The summed E-state index contributed by atoms with van der Waals surface area (Å²) in [6.45, 7) is 2.80. The van der Waals surface area contributed by atoms with Crippen LogP contribution in [0.3, 0.4) is 0 Å². The molecule has 9 heteroatoms. The van der Waals surface area contributed by atoms with E-state index in [9.17, 15) is 23.1 Å². The van der Waals surface area contributed by atoms with Crippen LogP contribution in [0.5, 0.6) is 5.75 Å². The maximum atomic E-state index is 12.8. The summed E-state index contributed by atoms with van der Waals surface area (Å²) < 4.78 is 33.4. The van der Waals surface area contributed by atoms with Gasteiger partial charge in [-0.3, -0.25) is 4.79 Å². The molecule has 150 valence electrons. The zero-order chi connectivity index (χ0) is 20.4. The molecule has 0 aliphatic heterocycles. The predicted molar refractivity (Wildman–Crippen MR) is 99.4 cm³/mol. The Morgan fingerprint density at radius 2 is 1.85 bits per heavy atom. The quantitative estimate of drug-likeness (QED) is 0.725. The van der Waals surface area contributed by atoms with Crippen molar-refractivity contribution in [3.63, 3.8) is 0 Å². The highest BCUT2D eigenvalue weighted by Crippen LogP contribution is 2.28. The number of sulfonamides is 1. The van der Waals surface area contributed by atoms with E-state index in [1.807, 2.05) is 0 Å². The van der Waals surface area contributed by atoms with Crippen molar-refractivity contribution >= 4 is 21.9 Å². The second-order valence-electron chi connectivity index (χ2n) is 7.20. The first kappa shape index (κ1) is 21.2. The molecule has 1 aromatic rings. The number of hydrogen-bond donors (Lipinski definition) is 2. The Hall–Kier alpha value is -2.13. The van der Waals surface area contributed by atoms with Crippen molar-refractivity contribution in [2.24, 2.45) is 0 Å². The van der Waals surface area contributed by atoms with E-state index < -0.39 is 27.4 Å². The maximum absolute atomic E-state index is 12.8. The van der Waals surface area contributed by atoms with Crippen LogP contribution in [-0.2, 0) is 14.8 Å². The highest BCUT2D eigenvalue weighted by atomic mass is 32.2. The van der Waals surface area contributed by atoms with Gasteiger partial charge in [0.1, 0.15) is 16.2 Å². The van der Waals surface area contributed by atoms with E-state index in [4.69, 9.17) is 4.74 Å². The molecule has 1 saturated carbocycles. The summed E-state index contributed by atoms with van der Waals surface area (Å²) in [6, 6.07) is 3.92. The predicted octanol–water partition coefficient (Wildman–Crippen LogP) is 1.85. The molecule has 0 unspecified atom stereocenters. The standard InChI is InChI=1S/C18H26N2O6S/c1-18(2,17(22)23)20(3)16(21)12-9-10-14(26-4)15(11-12)27(24,25)19-13-7-5-6-8-13/h9-11,13,19H,5-8H2,1-4H3,(H,22,23). The number of nitrogens with one attached hydrogen (secondary N) is 1. The smallest absolute Gasteiger partial charge is 0.329 e. The van der Waals surface area contributed by atoms with Crippen LogP contribution >= 0.6 is 0 Å². The summed E-state index contributed by atoms with van der Waals surface area (Å²) in [5.41, 5.74) is -1.38. The molecule has 0 bridgehead atoms. The van der Waals surface area contributed by atoms with E-state index in [-0.39, 0.29) is 22.3 Å². The monoisotopic (exact) mass is 398 g/mol. The van der Waals surface area contributed by atoms with Crippen LogP contribution in [0.25, 0.3) is 0 Å². The van der Waals surface area contributed by atoms with E-state index >= 15 is 0 Å². The number of likely N-dealkylation sites (N-methyl/N-ethyl adjacent to an activating group) is 1. The second-order valence-corrected chi connectivity index (χ2v) is 8.88. The lowest BCUT2D eigenvalue weighted by molar-refractivity contribution is -0.147. The number of rotatable bonds is 7. The average molecular weight is 398 g/mol. The molecule has 0 aromatic heterocycles. The summed E-state index contributed by atoms with van der Waals surface area (Å²) in [5.74, 6) is -1.64. The van der Waals surface area contributed by atoms with Gasteiger partial charge in [-0.2, -0.15) is 0 Å². The minimum absolute atomic E-state index is 0.0689. The molecular formula is C18H26N2O6S. The lowest BCUT2D eigenvalue weighted by Crippen LogP contribution is -2.50. The molecule has 8 nitrogen and oxygen atoms in total. The van der Waals surface area contributed by atoms with E-state index in [1.165, 1.54) is 46.2 Å². The minimum Gasteiger partial charge on any atom is -0.495 e. The SMILES string of the molecule is COc1ccc(C(=O)N(C)C(C)(C)C(=O)O)cc1S(=O)(=O)NC1CCCC1. The van der Waals surface area contributed by atoms with E-state index in [1.54, 1.807) is 0 Å². The molecular weight excluding hydrogens is 372 g/mol. The molecule has 1 fully saturated rings. The molecule has 1 aliphatic rings. The van der Waals surface area contributed by atoms with Gasteiger partial charge in [0.25, 0.3) is 5.91 Å². The molecule has 2 N–H and O–H groups in total. The van der Waals surface area contributed by atoms with Gasteiger partial charge in [-0.25, -0.2) is 17.9 Å². The number of aliphatic carboxylic acids is 1. The van der Waals surface area contributed by atoms with Gasteiger partial charge in [-0.15, -0.1) is 0 Å². The number of methoxy groups -OCH3 is 1. The first-order chi connectivity index (χ1) is 12.5. The summed E-state index contributed by atoms with van der Waals surface area (Å²) in [5, 5.41) is 9.31. The molecule has 0 heterocycles. The van der Waals surface area contributed by atoms with Crippen molar-refractivity contribution in [1.82, 2.24) is 9.62 Å². The first-order valence-corrected chi connectivity index (χ1v) is 10.2. The van der Waals surface area contributed by atoms with Crippen LogP contribution in [0.4, 0.5) is 0 Å². The number of carbonyl (C=O) groups excluding carboxylic acids is 1. The number of carboxylic acid groups (broad SMARTS) is 1. The number of nitrogens with zero attached hydrogens (tertiary/aromatic N) is 1. The Morgan fingerprint density at radius 3 is 2.37 bits per heavy atom. The molecule has 1 aliphatic carbocycles. The van der Waals surface area contributed by atoms with Crippen LogP contribution in [-0.4, -0.2) is 56.0 Å². The van der Waals surface area contributed by atoms with Crippen LogP contribution in [0.15, 0.2) is 23.1 Å². The number of amides is 1. The van der Waals surface area contributed by atoms with Crippen molar-refractivity contribution in [3.8, 4) is 5.75 Å². The number of carbonyl (C=O) groups is 2. The average Bonchev–Trinajstić information content (AvgIpc) is 3.11. The van der Waals surface area contributed by atoms with Crippen LogP contribution in [0, 0.1) is 0 Å². The lowest BCUT2D eigenvalue weighted by atomic mass is 10.0. The summed E-state index contributed by atoms with van der Waals surface area (Å²) in [4.78, 5) is 25.1. The zero-order valence-corrected chi connectivity index (χ0v) is 16.8. The van der Waals surface area contributed by atoms with Crippen LogP contribution < -0.4 is 9.46 Å². The van der Waals surface area contributed by atoms with Gasteiger partial charge in [0.05, 0.1) is 7.11 Å². The van der Waals surface area contributed by atoms with Gasteiger partial charge in [0.15, 0.2) is 0 Å². The van der Waals surface area contributed by atoms with Crippen LogP contribution in [0.2, 0.25) is 0 Å². The van der Waals surface area contributed by atoms with Gasteiger partial charge < -0.3 is 14.7 Å². The number of ether oxygens (including phenoxy) is 1. The summed E-state index contributed by atoms with van der Waals surface area (Å²) >= 11 is 0. The minimum atomic E-state index is -3.88. The maximum Gasteiger partial charge on any atom is 0.329 e. The highest BCUT2D eigenvalue weighted by molar-refractivity contribution is 7.89. The van der Waals surface area contributed by atoms with Gasteiger partial charge in [-0.1, -0.05) is 12.8 Å². The van der Waals surface area contributed by atoms with Crippen molar-refractivity contribution in [1.29, 1.82) is 0 Å². The first-order valence-electron chi connectivity index (χ1n) is 8.72. The molecule has 27 heavy (non-hydrogen) atoms. The van der Waals surface area contributed by atoms with Gasteiger partial charge in [0, 0.05) is 18.7 Å². The molecule has 0 spiro atoms. The largest absolute Gasteiger partial charge is 0.495 e. The topological polar surface area (TPSA) is 113 Å². The van der Waals surface area contributed by atoms with Gasteiger partial charge in [0.2, 0.25) is 10.0 Å². The van der Waals surface area contributed by atoms with E-state index in [0.717, 1.165) is 30.6 Å². The Kier molecular flexibility index (Phi) is 6.16.